The van der Waals surface area contributed by atoms with Crippen LogP contribution < -0.4 is 5.32 Å². The minimum atomic E-state index is -0.0709. The summed E-state index contributed by atoms with van der Waals surface area (Å²) in [5.74, 6) is -0.0709. The first-order chi connectivity index (χ1) is 12.8. The van der Waals surface area contributed by atoms with E-state index in [1.54, 1.807) is 12.1 Å². The molecule has 1 aliphatic rings. The van der Waals surface area contributed by atoms with E-state index in [0.29, 0.717) is 23.8 Å². The second-order valence-electron chi connectivity index (χ2n) is 6.62. The summed E-state index contributed by atoms with van der Waals surface area (Å²) in [7, 11) is 0. The molecule has 1 amide bonds. The van der Waals surface area contributed by atoms with E-state index in [1.165, 1.54) is 12.8 Å². The highest BCUT2D eigenvalue weighted by atomic mass is 16.5. The third-order valence-electron chi connectivity index (χ3n) is 4.75. The number of hydrogen-bond donors (Lipinski definition) is 1. The molecule has 0 aliphatic carbocycles. The molecule has 0 saturated carbocycles. The normalized spacial score (nSPS) is 16.2. The van der Waals surface area contributed by atoms with Crippen LogP contribution in [0.25, 0.3) is 11.1 Å². The summed E-state index contributed by atoms with van der Waals surface area (Å²) in [5, 5.41) is 12.3. The summed E-state index contributed by atoms with van der Waals surface area (Å²) in [6.45, 7) is 1.57. The third-order valence-corrected chi connectivity index (χ3v) is 4.75. The summed E-state index contributed by atoms with van der Waals surface area (Å²) in [6, 6.07) is 17.1. The number of nitrogens with one attached hydrogen (secondary N) is 1. The summed E-state index contributed by atoms with van der Waals surface area (Å²) >= 11 is 0. The Labute approximate surface area is 154 Å². The van der Waals surface area contributed by atoms with Crippen LogP contribution in [-0.2, 0) is 4.74 Å². The molecule has 1 unspecified atom stereocenters. The summed E-state index contributed by atoms with van der Waals surface area (Å²) in [6.07, 6.45) is 5.87. The SMILES string of the molecule is N#Cc1ccccc1-c1cccc(C(=O)NCCCCC2CCCO2)c1. The van der Waals surface area contributed by atoms with E-state index in [0.717, 1.165) is 37.0 Å². The highest BCUT2D eigenvalue weighted by molar-refractivity contribution is 5.95. The molecule has 1 saturated heterocycles. The van der Waals surface area contributed by atoms with Crippen LogP contribution in [0.2, 0.25) is 0 Å². The predicted molar refractivity (Wildman–Crippen MR) is 102 cm³/mol. The zero-order valence-corrected chi connectivity index (χ0v) is 14.9. The number of rotatable bonds is 7. The minimum absolute atomic E-state index is 0.0709. The zero-order valence-electron chi connectivity index (χ0n) is 14.9. The standard InChI is InChI=1S/C22H24N2O2/c23-16-19-7-1-2-12-21(19)17-8-5-9-18(15-17)22(25)24-13-4-3-10-20-11-6-14-26-20/h1-2,5,7-9,12,15,20H,3-4,6,10-11,13-14H2,(H,24,25). The average Bonchev–Trinajstić information content (AvgIpc) is 3.21. The highest BCUT2D eigenvalue weighted by Crippen LogP contribution is 2.24. The maximum Gasteiger partial charge on any atom is 0.251 e. The van der Waals surface area contributed by atoms with Crippen molar-refractivity contribution in [1.29, 1.82) is 5.26 Å². The van der Waals surface area contributed by atoms with Crippen LogP contribution in [0.1, 0.15) is 48.0 Å². The van der Waals surface area contributed by atoms with E-state index < -0.39 is 0 Å². The van der Waals surface area contributed by atoms with Gasteiger partial charge in [-0.1, -0.05) is 30.3 Å². The van der Waals surface area contributed by atoms with Crippen LogP contribution in [-0.4, -0.2) is 25.2 Å². The van der Waals surface area contributed by atoms with Crippen molar-refractivity contribution in [2.75, 3.05) is 13.2 Å². The van der Waals surface area contributed by atoms with Gasteiger partial charge in [0.25, 0.3) is 5.91 Å². The van der Waals surface area contributed by atoms with E-state index in [2.05, 4.69) is 11.4 Å². The Morgan fingerprint density at radius 1 is 1.19 bits per heavy atom. The Morgan fingerprint density at radius 2 is 2.08 bits per heavy atom. The van der Waals surface area contributed by atoms with Gasteiger partial charge < -0.3 is 10.1 Å². The topological polar surface area (TPSA) is 62.1 Å². The van der Waals surface area contributed by atoms with Crippen molar-refractivity contribution in [2.45, 2.75) is 38.2 Å². The smallest absolute Gasteiger partial charge is 0.251 e. The number of benzene rings is 2. The van der Waals surface area contributed by atoms with Gasteiger partial charge in [-0.15, -0.1) is 0 Å². The molecular formula is C22H24N2O2. The maximum atomic E-state index is 12.4. The molecule has 4 nitrogen and oxygen atoms in total. The van der Waals surface area contributed by atoms with Crippen molar-refractivity contribution in [2.24, 2.45) is 0 Å². The van der Waals surface area contributed by atoms with E-state index in [1.807, 2.05) is 36.4 Å². The number of carbonyl (C=O) groups is 1. The molecule has 26 heavy (non-hydrogen) atoms. The van der Waals surface area contributed by atoms with Crippen LogP contribution >= 0.6 is 0 Å². The second kappa shape index (κ2) is 9.17. The molecule has 2 aromatic carbocycles. The number of carbonyl (C=O) groups excluding carboxylic acids is 1. The van der Waals surface area contributed by atoms with Crippen LogP contribution in [0, 0.1) is 11.3 Å². The molecule has 1 fully saturated rings. The maximum absolute atomic E-state index is 12.4. The summed E-state index contributed by atoms with van der Waals surface area (Å²) in [4.78, 5) is 12.4. The van der Waals surface area contributed by atoms with Gasteiger partial charge in [0.1, 0.15) is 0 Å². The fraction of sp³-hybridized carbons (Fsp3) is 0.364. The van der Waals surface area contributed by atoms with Crippen molar-refractivity contribution >= 4 is 5.91 Å². The molecule has 0 radical (unpaired) electrons. The van der Waals surface area contributed by atoms with Crippen molar-refractivity contribution in [3.05, 3.63) is 59.7 Å². The lowest BCUT2D eigenvalue weighted by Gasteiger charge is -2.10. The van der Waals surface area contributed by atoms with Crippen molar-refractivity contribution in [3.63, 3.8) is 0 Å². The molecule has 134 valence electrons. The molecule has 2 aromatic rings. The molecule has 1 N–H and O–H groups in total. The van der Waals surface area contributed by atoms with E-state index in [4.69, 9.17) is 4.74 Å². The number of amides is 1. The first-order valence-corrected chi connectivity index (χ1v) is 9.27. The Bertz CT molecular complexity index is 789. The zero-order chi connectivity index (χ0) is 18.2. The van der Waals surface area contributed by atoms with Gasteiger partial charge in [-0.05, 0) is 61.4 Å². The lowest BCUT2D eigenvalue weighted by molar-refractivity contribution is 0.0947. The van der Waals surface area contributed by atoms with Gasteiger partial charge in [-0.25, -0.2) is 0 Å². The summed E-state index contributed by atoms with van der Waals surface area (Å²) in [5.41, 5.74) is 2.96. The first-order valence-electron chi connectivity index (χ1n) is 9.27. The first kappa shape index (κ1) is 18.2. The van der Waals surface area contributed by atoms with Gasteiger partial charge in [-0.3, -0.25) is 4.79 Å². The number of nitriles is 1. The number of ether oxygens (including phenoxy) is 1. The molecule has 4 heteroatoms. The highest BCUT2D eigenvalue weighted by Gasteiger charge is 2.14. The van der Waals surface area contributed by atoms with E-state index in [9.17, 15) is 10.1 Å². The Balaban J connectivity index is 1.54. The molecule has 3 rings (SSSR count). The quantitative estimate of drug-likeness (QED) is 0.759. The monoisotopic (exact) mass is 348 g/mol. The molecule has 1 atom stereocenters. The van der Waals surface area contributed by atoms with Gasteiger partial charge in [0.15, 0.2) is 0 Å². The van der Waals surface area contributed by atoms with Gasteiger partial charge in [0.2, 0.25) is 0 Å². The van der Waals surface area contributed by atoms with Gasteiger partial charge in [0.05, 0.1) is 17.7 Å². The Morgan fingerprint density at radius 3 is 2.88 bits per heavy atom. The van der Waals surface area contributed by atoms with E-state index in [-0.39, 0.29) is 5.91 Å². The average molecular weight is 348 g/mol. The Hall–Kier alpha value is -2.64. The van der Waals surface area contributed by atoms with Crippen molar-refractivity contribution in [3.8, 4) is 17.2 Å². The number of unbranched alkanes of at least 4 members (excludes halogenated alkanes) is 1. The van der Waals surface area contributed by atoms with Crippen molar-refractivity contribution in [1.82, 2.24) is 5.32 Å². The predicted octanol–water partition coefficient (Wildman–Crippen LogP) is 4.30. The lowest BCUT2D eigenvalue weighted by atomic mass is 9.98. The fourth-order valence-corrected chi connectivity index (χ4v) is 3.33. The molecular weight excluding hydrogens is 324 g/mol. The number of nitrogens with zero attached hydrogens (tertiary/aromatic N) is 1. The minimum Gasteiger partial charge on any atom is -0.378 e. The largest absolute Gasteiger partial charge is 0.378 e. The fourth-order valence-electron chi connectivity index (χ4n) is 3.33. The van der Waals surface area contributed by atoms with Gasteiger partial charge in [-0.2, -0.15) is 5.26 Å². The molecule has 1 aliphatic heterocycles. The molecule has 1 heterocycles. The van der Waals surface area contributed by atoms with Gasteiger partial charge in [0, 0.05) is 18.7 Å². The molecule has 0 aromatic heterocycles. The molecule has 0 bridgehead atoms. The van der Waals surface area contributed by atoms with Crippen molar-refractivity contribution < 1.29 is 9.53 Å². The third kappa shape index (κ3) is 4.71. The van der Waals surface area contributed by atoms with Crippen LogP contribution in [0.5, 0.6) is 0 Å². The van der Waals surface area contributed by atoms with Crippen LogP contribution in [0.15, 0.2) is 48.5 Å². The van der Waals surface area contributed by atoms with E-state index >= 15 is 0 Å². The van der Waals surface area contributed by atoms with Gasteiger partial charge >= 0.3 is 0 Å². The lowest BCUT2D eigenvalue weighted by Crippen LogP contribution is -2.24. The number of hydrogen-bond acceptors (Lipinski definition) is 3. The van der Waals surface area contributed by atoms with Crippen LogP contribution in [0.4, 0.5) is 0 Å². The Kier molecular flexibility index (Phi) is 6.40. The van der Waals surface area contributed by atoms with Crippen LogP contribution in [0.3, 0.4) is 0 Å². The second-order valence-corrected chi connectivity index (χ2v) is 6.62. The summed E-state index contributed by atoms with van der Waals surface area (Å²) < 4.78 is 5.61. The molecule has 0 spiro atoms.